The summed E-state index contributed by atoms with van der Waals surface area (Å²) in [5.74, 6) is -2.63. The lowest BCUT2D eigenvalue weighted by atomic mass is 10.1. The molecule has 2 aromatic carbocycles. The van der Waals surface area contributed by atoms with Crippen LogP contribution in [0.4, 0.5) is 47.7 Å². The Morgan fingerprint density at radius 3 is 2.17 bits per heavy atom. The van der Waals surface area contributed by atoms with Crippen LogP contribution in [0.3, 0.4) is 0 Å². The number of rotatable bonds is 4. The fourth-order valence-electron chi connectivity index (χ4n) is 3.34. The molecule has 0 radical (unpaired) electrons. The number of nitrogens with one attached hydrogen (secondary N) is 4. The second kappa shape index (κ2) is 7.75. The van der Waals surface area contributed by atoms with E-state index in [1.165, 1.54) is 18.2 Å². The highest BCUT2D eigenvalue weighted by molar-refractivity contribution is 6.01. The molecule has 35 heavy (non-hydrogen) atoms. The molecule has 5 rings (SSSR count). The predicted octanol–water partition coefficient (Wildman–Crippen LogP) is 4.14. The number of nitrogens with zero attached hydrogens (tertiary/aromatic N) is 2. The van der Waals surface area contributed by atoms with Crippen LogP contribution < -0.4 is 30.7 Å². The molecule has 0 aliphatic carbocycles. The van der Waals surface area contributed by atoms with Crippen LogP contribution in [0.1, 0.15) is 13.8 Å². The van der Waals surface area contributed by atoms with E-state index < -0.39 is 23.4 Å². The minimum atomic E-state index is -3.98. The van der Waals surface area contributed by atoms with Crippen LogP contribution in [0.15, 0.2) is 42.6 Å². The van der Waals surface area contributed by atoms with Crippen LogP contribution in [0.5, 0.6) is 11.5 Å². The number of hydrogen-bond donors (Lipinski definition) is 4. The van der Waals surface area contributed by atoms with Crippen LogP contribution in [0.25, 0.3) is 0 Å². The number of ether oxygens (including phenoxy) is 2. The number of carbonyl (C=O) groups excluding carboxylic acids is 2. The molecular formula is C22H17F3N6O4. The second-order valence-electron chi connectivity index (χ2n) is 8.20. The quantitative estimate of drug-likeness (QED) is 0.434. The molecule has 0 saturated heterocycles. The zero-order valence-corrected chi connectivity index (χ0v) is 18.2. The summed E-state index contributed by atoms with van der Waals surface area (Å²) >= 11 is 0. The van der Waals surface area contributed by atoms with Gasteiger partial charge in [0.15, 0.2) is 23.0 Å². The van der Waals surface area contributed by atoms with Crippen LogP contribution in [-0.4, -0.2) is 33.5 Å². The highest BCUT2D eigenvalue weighted by Gasteiger charge is 2.46. The molecule has 4 N–H and O–H groups in total. The van der Waals surface area contributed by atoms with E-state index >= 15 is 0 Å². The SMILES string of the molecule is CC1(C)Oc2ccc(Nc3ncc(F)c(Nc4ccc5c(c4)NC(=O)C(F)(F)O5)n3)cc2NC1=O. The molecule has 0 fully saturated rings. The third-order valence-electron chi connectivity index (χ3n) is 5.13. The highest BCUT2D eigenvalue weighted by Crippen LogP contribution is 2.38. The molecule has 0 spiro atoms. The summed E-state index contributed by atoms with van der Waals surface area (Å²) < 4.78 is 51.2. The van der Waals surface area contributed by atoms with Crippen molar-refractivity contribution in [3.63, 3.8) is 0 Å². The molecule has 0 unspecified atom stereocenters. The summed E-state index contributed by atoms with van der Waals surface area (Å²) in [6.45, 7) is 3.30. The van der Waals surface area contributed by atoms with Crippen molar-refractivity contribution in [1.82, 2.24) is 9.97 Å². The topological polar surface area (TPSA) is 126 Å². The first-order chi connectivity index (χ1) is 16.5. The summed E-state index contributed by atoms with van der Waals surface area (Å²) in [6, 6.07) is 8.81. The van der Waals surface area contributed by atoms with Crippen molar-refractivity contribution in [1.29, 1.82) is 0 Å². The standard InChI is InChI=1S/C22H17F3N6O4/c1-21(2)18(32)29-13-8-11(4-5-15(13)34-21)28-20-26-9-12(23)17(31-20)27-10-3-6-16-14(7-10)30-19(33)22(24,25)35-16/h3-9H,1-2H3,(H,29,32)(H,30,33)(H2,26,27,28,31). The fraction of sp³-hybridized carbons (Fsp3) is 0.182. The van der Waals surface area contributed by atoms with E-state index in [-0.39, 0.29) is 34.8 Å². The molecule has 0 saturated carbocycles. The number of carbonyl (C=O) groups is 2. The number of halogens is 3. The van der Waals surface area contributed by atoms with Gasteiger partial charge in [0.25, 0.3) is 5.91 Å². The molecule has 1 aromatic heterocycles. The van der Waals surface area contributed by atoms with Crippen LogP contribution in [-0.2, 0) is 9.59 Å². The van der Waals surface area contributed by atoms with Gasteiger partial charge in [-0.1, -0.05) is 0 Å². The largest absolute Gasteiger partial charge is 0.482 e. The van der Waals surface area contributed by atoms with Gasteiger partial charge >= 0.3 is 12.0 Å². The average Bonchev–Trinajstić information content (AvgIpc) is 2.78. The molecule has 3 heterocycles. The van der Waals surface area contributed by atoms with Gasteiger partial charge in [-0.15, -0.1) is 0 Å². The van der Waals surface area contributed by atoms with Gasteiger partial charge in [0.05, 0.1) is 17.6 Å². The molecule has 2 amide bonds. The summed E-state index contributed by atoms with van der Waals surface area (Å²) in [5, 5.41) is 10.4. The highest BCUT2D eigenvalue weighted by atomic mass is 19.3. The van der Waals surface area contributed by atoms with E-state index in [2.05, 4.69) is 30.7 Å². The maximum atomic E-state index is 14.4. The van der Waals surface area contributed by atoms with Crippen molar-refractivity contribution in [2.24, 2.45) is 0 Å². The van der Waals surface area contributed by atoms with E-state index in [0.29, 0.717) is 17.1 Å². The number of benzene rings is 2. The van der Waals surface area contributed by atoms with Gasteiger partial charge in [-0.3, -0.25) is 9.59 Å². The normalized spacial score (nSPS) is 17.1. The van der Waals surface area contributed by atoms with E-state index in [9.17, 15) is 22.8 Å². The molecule has 2 aliphatic heterocycles. The zero-order valence-electron chi connectivity index (χ0n) is 18.2. The first-order valence-corrected chi connectivity index (χ1v) is 10.2. The summed E-state index contributed by atoms with van der Waals surface area (Å²) in [7, 11) is 0. The lowest BCUT2D eigenvalue weighted by molar-refractivity contribution is -0.189. The molecule has 0 bridgehead atoms. The van der Waals surface area contributed by atoms with Crippen molar-refractivity contribution in [2.75, 3.05) is 21.3 Å². The maximum Gasteiger partial charge on any atom is 0.482 e. The minimum absolute atomic E-state index is 0.0137. The lowest BCUT2D eigenvalue weighted by Crippen LogP contribution is -2.45. The monoisotopic (exact) mass is 486 g/mol. The average molecular weight is 486 g/mol. The van der Waals surface area contributed by atoms with E-state index in [4.69, 9.17) is 4.74 Å². The summed E-state index contributed by atoms with van der Waals surface area (Å²) in [5.41, 5.74) is 0.177. The van der Waals surface area contributed by atoms with Crippen molar-refractivity contribution in [3.8, 4) is 11.5 Å². The van der Waals surface area contributed by atoms with E-state index in [1.54, 1.807) is 32.0 Å². The number of alkyl halides is 2. The summed E-state index contributed by atoms with van der Waals surface area (Å²) in [6.07, 6.45) is -3.05. The van der Waals surface area contributed by atoms with Crippen molar-refractivity contribution >= 4 is 46.3 Å². The molecule has 2 aliphatic rings. The van der Waals surface area contributed by atoms with Crippen molar-refractivity contribution < 1.29 is 32.2 Å². The van der Waals surface area contributed by atoms with Crippen LogP contribution in [0.2, 0.25) is 0 Å². The van der Waals surface area contributed by atoms with Gasteiger partial charge in [-0.2, -0.15) is 13.8 Å². The fourth-order valence-corrected chi connectivity index (χ4v) is 3.34. The Balaban J connectivity index is 1.35. The Morgan fingerprint density at radius 1 is 0.886 bits per heavy atom. The van der Waals surface area contributed by atoms with Gasteiger partial charge in [-0.25, -0.2) is 9.37 Å². The van der Waals surface area contributed by atoms with Crippen molar-refractivity contribution in [2.45, 2.75) is 25.6 Å². The van der Waals surface area contributed by atoms with Crippen LogP contribution in [0, 0.1) is 5.82 Å². The maximum absolute atomic E-state index is 14.4. The van der Waals surface area contributed by atoms with E-state index in [0.717, 1.165) is 6.20 Å². The predicted molar refractivity (Wildman–Crippen MR) is 119 cm³/mol. The Hall–Kier alpha value is -4.55. The van der Waals surface area contributed by atoms with Gasteiger partial charge < -0.3 is 30.7 Å². The molecule has 0 atom stereocenters. The second-order valence-corrected chi connectivity index (χ2v) is 8.20. The lowest BCUT2D eigenvalue weighted by Gasteiger charge is -2.31. The molecular weight excluding hydrogens is 469 g/mol. The third kappa shape index (κ3) is 4.23. The molecule has 180 valence electrons. The van der Waals surface area contributed by atoms with Crippen molar-refractivity contribution in [3.05, 3.63) is 48.4 Å². The number of aromatic nitrogens is 2. The van der Waals surface area contributed by atoms with Gasteiger partial charge in [0, 0.05) is 11.4 Å². The first-order valence-electron chi connectivity index (χ1n) is 10.2. The minimum Gasteiger partial charge on any atom is -0.476 e. The smallest absolute Gasteiger partial charge is 0.476 e. The number of fused-ring (bicyclic) bond motifs is 2. The number of hydrogen-bond acceptors (Lipinski definition) is 8. The van der Waals surface area contributed by atoms with Gasteiger partial charge in [0.1, 0.15) is 5.75 Å². The first kappa shape index (κ1) is 22.3. The Morgan fingerprint density at radius 2 is 1.49 bits per heavy atom. The number of amides is 2. The van der Waals surface area contributed by atoms with Gasteiger partial charge in [-0.05, 0) is 50.2 Å². The molecule has 10 nitrogen and oxygen atoms in total. The Kier molecular flexibility index (Phi) is 4.93. The van der Waals surface area contributed by atoms with Gasteiger partial charge in [0.2, 0.25) is 5.95 Å². The molecule has 13 heteroatoms. The molecule has 3 aromatic rings. The summed E-state index contributed by atoms with van der Waals surface area (Å²) in [4.78, 5) is 31.6. The number of anilines is 6. The Bertz CT molecular complexity index is 1380. The van der Waals surface area contributed by atoms with Crippen LogP contribution >= 0.6 is 0 Å². The zero-order chi connectivity index (χ0) is 25.0. The Labute approximate surface area is 195 Å². The van der Waals surface area contributed by atoms with E-state index in [1.807, 2.05) is 5.32 Å². The third-order valence-corrected chi connectivity index (χ3v) is 5.13.